The molecule has 21 heavy (non-hydrogen) atoms. The van der Waals surface area contributed by atoms with Crippen LogP contribution in [0.5, 0.6) is 11.8 Å². The summed E-state index contributed by atoms with van der Waals surface area (Å²) in [7, 11) is 0. The summed E-state index contributed by atoms with van der Waals surface area (Å²) < 4.78 is 5.60. The summed E-state index contributed by atoms with van der Waals surface area (Å²) >= 11 is 1.65. The fourth-order valence-corrected chi connectivity index (χ4v) is 2.60. The average molecular weight is 298 g/mol. The Kier molecular flexibility index (Phi) is 4.23. The van der Waals surface area contributed by atoms with E-state index >= 15 is 0 Å². The van der Waals surface area contributed by atoms with E-state index < -0.39 is 0 Å². The van der Waals surface area contributed by atoms with Crippen molar-refractivity contribution in [3.63, 3.8) is 0 Å². The van der Waals surface area contributed by atoms with Crippen LogP contribution in [0.25, 0.3) is 10.4 Å². The molecular weight excluding hydrogens is 284 g/mol. The number of aliphatic hydroxyl groups excluding tert-OH is 1. The van der Waals surface area contributed by atoms with Crippen molar-refractivity contribution in [3.05, 3.63) is 59.7 Å². The highest BCUT2D eigenvalue weighted by atomic mass is 32.1. The number of hydrogen-bond donors (Lipinski definition) is 1. The van der Waals surface area contributed by atoms with Crippen LogP contribution in [0, 0.1) is 0 Å². The number of thiophene rings is 1. The second-order valence-corrected chi connectivity index (χ2v) is 5.40. The highest BCUT2D eigenvalue weighted by Crippen LogP contribution is 2.25. The molecule has 0 aliphatic rings. The molecule has 0 saturated heterocycles. The predicted molar refractivity (Wildman–Crippen MR) is 82.7 cm³/mol. The van der Waals surface area contributed by atoms with Gasteiger partial charge in [-0.3, -0.25) is 0 Å². The Balaban J connectivity index is 1.70. The highest BCUT2D eigenvalue weighted by Gasteiger charge is 2.03. The Morgan fingerprint density at radius 3 is 2.43 bits per heavy atom. The van der Waals surface area contributed by atoms with Gasteiger partial charge in [0.05, 0.1) is 0 Å². The summed E-state index contributed by atoms with van der Waals surface area (Å²) in [5, 5.41) is 10.9. The van der Waals surface area contributed by atoms with Gasteiger partial charge < -0.3 is 9.84 Å². The van der Waals surface area contributed by atoms with Gasteiger partial charge in [0, 0.05) is 29.4 Å². The molecule has 0 fully saturated rings. The molecule has 3 aromatic rings. The van der Waals surface area contributed by atoms with Crippen molar-refractivity contribution in [3.8, 4) is 22.2 Å². The van der Waals surface area contributed by atoms with Gasteiger partial charge in [0.25, 0.3) is 0 Å². The Morgan fingerprint density at radius 2 is 1.81 bits per heavy atom. The van der Waals surface area contributed by atoms with Gasteiger partial charge in [-0.1, -0.05) is 18.2 Å². The molecule has 0 unspecified atom stereocenters. The van der Waals surface area contributed by atoms with Gasteiger partial charge in [-0.25, -0.2) is 9.97 Å². The SMILES string of the molecule is OCCc1ccc(Oc2ncc(-c3cccs3)cn2)cc1. The van der Waals surface area contributed by atoms with Crippen molar-refractivity contribution in [2.75, 3.05) is 6.61 Å². The second-order valence-electron chi connectivity index (χ2n) is 4.45. The molecule has 4 nitrogen and oxygen atoms in total. The molecule has 2 aromatic heterocycles. The van der Waals surface area contributed by atoms with E-state index in [2.05, 4.69) is 9.97 Å². The lowest BCUT2D eigenvalue weighted by molar-refractivity contribution is 0.299. The molecule has 0 saturated carbocycles. The van der Waals surface area contributed by atoms with Crippen LogP contribution in [0.15, 0.2) is 54.2 Å². The van der Waals surface area contributed by atoms with Gasteiger partial charge in [0.1, 0.15) is 5.75 Å². The smallest absolute Gasteiger partial charge is 0.321 e. The molecule has 3 rings (SSSR count). The molecular formula is C16H14N2O2S. The molecule has 0 aliphatic heterocycles. The van der Waals surface area contributed by atoms with Crippen LogP contribution in [0.1, 0.15) is 5.56 Å². The standard InChI is InChI=1S/C16H14N2O2S/c19-8-7-12-3-5-14(6-4-12)20-16-17-10-13(11-18-16)15-2-1-9-21-15/h1-6,9-11,19H,7-8H2. The molecule has 0 aliphatic carbocycles. The first-order valence-electron chi connectivity index (χ1n) is 6.59. The van der Waals surface area contributed by atoms with Crippen LogP contribution < -0.4 is 4.74 Å². The van der Waals surface area contributed by atoms with Crippen LogP contribution in [0.2, 0.25) is 0 Å². The third kappa shape index (κ3) is 3.45. The third-order valence-electron chi connectivity index (χ3n) is 2.97. The lowest BCUT2D eigenvalue weighted by Gasteiger charge is -2.05. The van der Waals surface area contributed by atoms with Crippen LogP contribution in [-0.2, 0) is 6.42 Å². The van der Waals surface area contributed by atoms with Crippen molar-refractivity contribution in [1.29, 1.82) is 0 Å². The first kappa shape index (κ1) is 13.7. The lowest BCUT2D eigenvalue weighted by Crippen LogP contribution is -1.93. The van der Waals surface area contributed by atoms with E-state index in [-0.39, 0.29) is 6.61 Å². The van der Waals surface area contributed by atoms with Crippen molar-refractivity contribution in [2.24, 2.45) is 0 Å². The molecule has 0 spiro atoms. The lowest BCUT2D eigenvalue weighted by atomic mass is 10.1. The molecule has 5 heteroatoms. The maximum Gasteiger partial charge on any atom is 0.321 e. The molecule has 0 amide bonds. The minimum absolute atomic E-state index is 0.146. The largest absolute Gasteiger partial charge is 0.424 e. The van der Waals surface area contributed by atoms with E-state index in [0.29, 0.717) is 18.2 Å². The molecule has 2 heterocycles. The van der Waals surface area contributed by atoms with Crippen LogP contribution >= 0.6 is 11.3 Å². The van der Waals surface area contributed by atoms with Gasteiger partial charge in [0.15, 0.2) is 0 Å². The number of benzene rings is 1. The quantitative estimate of drug-likeness (QED) is 0.783. The van der Waals surface area contributed by atoms with E-state index in [9.17, 15) is 0 Å². The van der Waals surface area contributed by atoms with Crippen molar-refractivity contribution < 1.29 is 9.84 Å². The van der Waals surface area contributed by atoms with E-state index in [1.54, 1.807) is 23.7 Å². The maximum absolute atomic E-state index is 8.88. The Bertz CT molecular complexity index is 679. The second kappa shape index (κ2) is 6.47. The van der Waals surface area contributed by atoms with Gasteiger partial charge in [-0.05, 0) is 35.6 Å². The maximum atomic E-state index is 8.88. The van der Waals surface area contributed by atoms with Gasteiger partial charge >= 0.3 is 6.01 Å². The summed E-state index contributed by atoms with van der Waals surface area (Å²) in [4.78, 5) is 9.58. The van der Waals surface area contributed by atoms with Crippen molar-refractivity contribution in [1.82, 2.24) is 9.97 Å². The van der Waals surface area contributed by atoms with Gasteiger partial charge in [-0.2, -0.15) is 0 Å². The molecule has 106 valence electrons. The fraction of sp³-hybridized carbons (Fsp3) is 0.125. The first-order chi connectivity index (χ1) is 10.3. The Labute approximate surface area is 126 Å². The van der Waals surface area contributed by atoms with Gasteiger partial charge in [-0.15, -0.1) is 11.3 Å². The number of rotatable bonds is 5. The van der Waals surface area contributed by atoms with Gasteiger partial charge in [0.2, 0.25) is 0 Å². The molecule has 1 aromatic carbocycles. The zero-order chi connectivity index (χ0) is 14.5. The fourth-order valence-electron chi connectivity index (χ4n) is 1.90. The summed E-state index contributed by atoms with van der Waals surface area (Å²) in [6, 6.07) is 11.9. The summed E-state index contributed by atoms with van der Waals surface area (Å²) in [5.41, 5.74) is 2.05. The molecule has 0 bridgehead atoms. The Morgan fingerprint density at radius 1 is 1.05 bits per heavy atom. The third-order valence-corrected chi connectivity index (χ3v) is 3.89. The van der Waals surface area contributed by atoms with E-state index in [0.717, 1.165) is 16.0 Å². The monoisotopic (exact) mass is 298 g/mol. The predicted octanol–water partition coefficient (Wildman–Crippen LogP) is 3.53. The topological polar surface area (TPSA) is 55.2 Å². The number of hydrogen-bond acceptors (Lipinski definition) is 5. The van der Waals surface area contributed by atoms with E-state index in [1.807, 2.05) is 41.8 Å². The zero-order valence-electron chi connectivity index (χ0n) is 11.3. The number of nitrogens with zero attached hydrogens (tertiary/aromatic N) is 2. The highest BCUT2D eigenvalue weighted by molar-refractivity contribution is 7.13. The zero-order valence-corrected chi connectivity index (χ0v) is 12.1. The van der Waals surface area contributed by atoms with E-state index in [1.165, 1.54) is 0 Å². The van der Waals surface area contributed by atoms with Crippen molar-refractivity contribution in [2.45, 2.75) is 6.42 Å². The number of aliphatic hydroxyl groups is 1. The molecule has 0 radical (unpaired) electrons. The number of aromatic nitrogens is 2. The normalized spacial score (nSPS) is 10.5. The minimum Gasteiger partial charge on any atom is -0.424 e. The summed E-state index contributed by atoms with van der Waals surface area (Å²) in [6.07, 6.45) is 4.16. The van der Waals surface area contributed by atoms with E-state index in [4.69, 9.17) is 9.84 Å². The van der Waals surface area contributed by atoms with Crippen molar-refractivity contribution >= 4 is 11.3 Å². The van der Waals surface area contributed by atoms with Crippen LogP contribution in [-0.4, -0.2) is 21.7 Å². The summed E-state index contributed by atoms with van der Waals surface area (Å²) in [5.74, 6) is 0.681. The van der Waals surface area contributed by atoms with Crippen LogP contribution in [0.4, 0.5) is 0 Å². The average Bonchev–Trinajstić information content (AvgIpc) is 3.05. The number of ether oxygens (including phenoxy) is 1. The van der Waals surface area contributed by atoms with Crippen LogP contribution in [0.3, 0.4) is 0 Å². The molecule has 1 N–H and O–H groups in total. The Hall–Kier alpha value is -2.24. The molecule has 0 atom stereocenters. The minimum atomic E-state index is 0.146. The summed E-state index contributed by atoms with van der Waals surface area (Å²) in [6.45, 7) is 0.146. The first-order valence-corrected chi connectivity index (χ1v) is 7.47.